The summed E-state index contributed by atoms with van der Waals surface area (Å²) in [6.07, 6.45) is 13.8. The largest absolute Gasteiger partial charge is 0.299 e. The fourth-order valence-electron chi connectivity index (χ4n) is 3.24. The molecule has 3 atom stereocenters. The maximum atomic E-state index is 10.3. The quantitative estimate of drug-likeness (QED) is 0.388. The number of hydrogen-bond donors (Lipinski definition) is 0. The van der Waals surface area contributed by atoms with Gasteiger partial charge >= 0.3 is 0 Å². The Morgan fingerprint density at radius 2 is 2.13 bits per heavy atom. The van der Waals surface area contributed by atoms with Gasteiger partial charge in [0.05, 0.1) is 0 Å². The Balaban J connectivity index is 2.12. The molecule has 0 saturated heterocycles. The highest BCUT2D eigenvalue weighted by Crippen LogP contribution is 2.51. The molecule has 0 radical (unpaired) electrons. The van der Waals surface area contributed by atoms with E-state index < -0.39 is 0 Å². The summed E-state index contributed by atoms with van der Waals surface area (Å²) in [6, 6.07) is 0. The Labute approximate surface area is 91.6 Å². The standard InChI is InChI=1S/C14H18O/c1-2-4-12(5-3-8-15)14-10-11-6-7-13(14)9-11/h2-5,8,11,13-14H,1,6-7,9-10H2. The molecule has 0 heterocycles. The molecule has 2 aliphatic rings. The van der Waals surface area contributed by atoms with Crippen LogP contribution in [0.2, 0.25) is 0 Å². The van der Waals surface area contributed by atoms with Crippen molar-refractivity contribution < 1.29 is 4.79 Å². The van der Waals surface area contributed by atoms with Crippen molar-refractivity contribution in [1.29, 1.82) is 0 Å². The zero-order valence-corrected chi connectivity index (χ0v) is 9.06. The molecule has 0 aromatic heterocycles. The van der Waals surface area contributed by atoms with E-state index in [1.54, 1.807) is 6.08 Å². The van der Waals surface area contributed by atoms with E-state index in [9.17, 15) is 4.79 Å². The predicted molar refractivity (Wildman–Crippen MR) is 62.4 cm³/mol. The lowest BCUT2D eigenvalue weighted by Crippen LogP contribution is -2.11. The molecule has 0 amide bonds. The van der Waals surface area contributed by atoms with E-state index in [-0.39, 0.29) is 0 Å². The van der Waals surface area contributed by atoms with Crippen LogP contribution in [-0.4, -0.2) is 6.29 Å². The molecule has 0 spiro atoms. The molecule has 2 saturated carbocycles. The van der Waals surface area contributed by atoms with E-state index in [2.05, 4.69) is 12.7 Å². The molecule has 0 aliphatic heterocycles. The Morgan fingerprint density at radius 1 is 1.27 bits per heavy atom. The summed E-state index contributed by atoms with van der Waals surface area (Å²) in [4.78, 5) is 10.3. The monoisotopic (exact) mass is 202 g/mol. The van der Waals surface area contributed by atoms with Crippen molar-refractivity contribution >= 4 is 6.29 Å². The van der Waals surface area contributed by atoms with E-state index in [1.165, 1.54) is 31.3 Å². The van der Waals surface area contributed by atoms with Crippen molar-refractivity contribution in [1.82, 2.24) is 0 Å². The van der Waals surface area contributed by atoms with Gasteiger partial charge in [0, 0.05) is 0 Å². The minimum atomic E-state index is 0.679. The van der Waals surface area contributed by atoms with Crippen LogP contribution in [0.1, 0.15) is 25.7 Å². The Hall–Kier alpha value is -1.11. The molecular formula is C14H18O. The van der Waals surface area contributed by atoms with Crippen LogP contribution in [-0.2, 0) is 4.79 Å². The van der Waals surface area contributed by atoms with Crippen LogP contribution in [0.15, 0.2) is 36.5 Å². The summed E-state index contributed by atoms with van der Waals surface area (Å²) in [5.74, 6) is 2.48. The highest BCUT2D eigenvalue weighted by atomic mass is 16.1. The molecule has 1 heteroatoms. The van der Waals surface area contributed by atoms with Crippen LogP contribution in [0, 0.1) is 17.8 Å². The zero-order chi connectivity index (χ0) is 10.7. The Morgan fingerprint density at radius 3 is 2.67 bits per heavy atom. The molecule has 2 aliphatic carbocycles. The first-order chi connectivity index (χ1) is 7.35. The van der Waals surface area contributed by atoms with Crippen molar-refractivity contribution in [3.8, 4) is 0 Å². The SMILES string of the molecule is C=CC=C(C=CC=O)C1CC2CCC1C2. The van der Waals surface area contributed by atoms with Crippen molar-refractivity contribution in [2.24, 2.45) is 17.8 Å². The van der Waals surface area contributed by atoms with E-state index >= 15 is 0 Å². The molecule has 15 heavy (non-hydrogen) atoms. The fraction of sp³-hybridized carbons (Fsp3) is 0.500. The van der Waals surface area contributed by atoms with Gasteiger partial charge in [-0.25, -0.2) is 0 Å². The lowest BCUT2D eigenvalue weighted by Gasteiger charge is -2.22. The number of carbonyl (C=O) groups excluding carboxylic acids is 1. The van der Waals surface area contributed by atoms with Crippen LogP contribution in [0.25, 0.3) is 0 Å². The van der Waals surface area contributed by atoms with Gasteiger partial charge < -0.3 is 0 Å². The molecule has 0 N–H and O–H groups in total. The number of allylic oxidation sites excluding steroid dienone is 5. The molecule has 2 rings (SSSR count). The number of aldehydes is 1. The van der Waals surface area contributed by atoms with Crippen molar-refractivity contribution in [3.05, 3.63) is 36.5 Å². The van der Waals surface area contributed by atoms with Crippen LogP contribution in [0.5, 0.6) is 0 Å². The van der Waals surface area contributed by atoms with Gasteiger partial charge in [0.25, 0.3) is 0 Å². The zero-order valence-electron chi connectivity index (χ0n) is 9.06. The molecule has 2 fully saturated rings. The van der Waals surface area contributed by atoms with E-state index in [4.69, 9.17) is 0 Å². The third-order valence-electron chi connectivity index (χ3n) is 3.84. The number of fused-ring (bicyclic) bond motifs is 2. The third-order valence-corrected chi connectivity index (χ3v) is 3.84. The van der Waals surface area contributed by atoms with Gasteiger partial charge in [-0.05, 0) is 48.7 Å². The van der Waals surface area contributed by atoms with Crippen molar-refractivity contribution in [2.45, 2.75) is 25.7 Å². The maximum Gasteiger partial charge on any atom is 0.142 e. The first kappa shape index (κ1) is 10.4. The average molecular weight is 202 g/mol. The fourth-order valence-corrected chi connectivity index (χ4v) is 3.24. The second-order valence-corrected chi connectivity index (χ2v) is 4.68. The average Bonchev–Trinajstić information content (AvgIpc) is 2.85. The Bertz CT molecular complexity index is 311. The van der Waals surface area contributed by atoms with Gasteiger partial charge in [0.1, 0.15) is 6.29 Å². The van der Waals surface area contributed by atoms with Crippen molar-refractivity contribution in [3.63, 3.8) is 0 Å². The van der Waals surface area contributed by atoms with Crippen LogP contribution < -0.4 is 0 Å². The Kier molecular flexibility index (Phi) is 3.20. The van der Waals surface area contributed by atoms with Gasteiger partial charge in [-0.15, -0.1) is 0 Å². The van der Waals surface area contributed by atoms with Gasteiger partial charge in [0.2, 0.25) is 0 Å². The molecule has 3 unspecified atom stereocenters. The van der Waals surface area contributed by atoms with Crippen LogP contribution in [0.4, 0.5) is 0 Å². The normalized spacial score (nSPS) is 34.9. The van der Waals surface area contributed by atoms with Gasteiger partial charge in [-0.3, -0.25) is 4.79 Å². The predicted octanol–water partition coefficient (Wildman–Crippen LogP) is 3.29. The first-order valence-corrected chi connectivity index (χ1v) is 5.79. The van der Waals surface area contributed by atoms with E-state index in [1.807, 2.05) is 12.2 Å². The maximum absolute atomic E-state index is 10.3. The molecule has 2 bridgehead atoms. The summed E-state index contributed by atoms with van der Waals surface area (Å²) >= 11 is 0. The second kappa shape index (κ2) is 4.61. The highest BCUT2D eigenvalue weighted by Gasteiger charge is 2.40. The van der Waals surface area contributed by atoms with Crippen molar-refractivity contribution in [2.75, 3.05) is 0 Å². The van der Waals surface area contributed by atoms with Crippen LogP contribution >= 0.6 is 0 Å². The van der Waals surface area contributed by atoms with E-state index in [0.29, 0.717) is 5.92 Å². The minimum absolute atomic E-state index is 0.679. The lowest BCUT2D eigenvalue weighted by molar-refractivity contribution is -0.104. The summed E-state index contributed by atoms with van der Waals surface area (Å²) < 4.78 is 0. The molecule has 1 nitrogen and oxygen atoms in total. The third kappa shape index (κ3) is 2.11. The summed E-state index contributed by atoms with van der Waals surface area (Å²) in [5, 5.41) is 0. The summed E-state index contributed by atoms with van der Waals surface area (Å²) in [6.45, 7) is 3.74. The lowest BCUT2D eigenvalue weighted by atomic mass is 9.83. The molecule has 0 aromatic carbocycles. The first-order valence-electron chi connectivity index (χ1n) is 5.79. The second-order valence-electron chi connectivity index (χ2n) is 4.68. The highest BCUT2D eigenvalue weighted by molar-refractivity contribution is 5.66. The van der Waals surface area contributed by atoms with E-state index in [0.717, 1.165) is 18.1 Å². The van der Waals surface area contributed by atoms with Gasteiger partial charge in [-0.2, -0.15) is 0 Å². The molecular weight excluding hydrogens is 184 g/mol. The topological polar surface area (TPSA) is 17.1 Å². The molecule has 80 valence electrons. The summed E-state index contributed by atoms with van der Waals surface area (Å²) in [7, 11) is 0. The smallest absolute Gasteiger partial charge is 0.142 e. The number of carbonyl (C=O) groups is 1. The number of hydrogen-bond acceptors (Lipinski definition) is 1. The van der Waals surface area contributed by atoms with Gasteiger partial charge in [0.15, 0.2) is 0 Å². The number of rotatable bonds is 4. The van der Waals surface area contributed by atoms with Gasteiger partial charge in [-0.1, -0.05) is 31.2 Å². The molecule has 0 aromatic rings. The van der Waals surface area contributed by atoms with Crippen LogP contribution in [0.3, 0.4) is 0 Å². The summed E-state index contributed by atoms with van der Waals surface area (Å²) in [5.41, 5.74) is 1.30. The minimum Gasteiger partial charge on any atom is -0.299 e.